The highest BCUT2D eigenvalue weighted by molar-refractivity contribution is 6.01. The van der Waals surface area contributed by atoms with Crippen LogP contribution >= 0.6 is 0 Å². The van der Waals surface area contributed by atoms with E-state index in [1.807, 2.05) is 24.3 Å². The van der Waals surface area contributed by atoms with Crippen molar-refractivity contribution >= 4 is 29.4 Å². The van der Waals surface area contributed by atoms with E-state index in [9.17, 15) is 29.1 Å². The summed E-state index contributed by atoms with van der Waals surface area (Å²) >= 11 is 0. The zero-order chi connectivity index (χ0) is 47.7. The summed E-state index contributed by atoms with van der Waals surface area (Å²) in [7, 11) is 2.71. The third-order valence-electron chi connectivity index (χ3n) is 12.0. The lowest BCUT2D eigenvalue weighted by atomic mass is 9.86. The fourth-order valence-corrected chi connectivity index (χ4v) is 8.41. The van der Waals surface area contributed by atoms with Gasteiger partial charge in [0.2, 0.25) is 11.8 Å². The van der Waals surface area contributed by atoms with Crippen LogP contribution in [0.5, 0.6) is 11.5 Å². The number of carbonyl (C=O) groups is 5. The molecule has 65 heavy (non-hydrogen) atoms. The summed E-state index contributed by atoms with van der Waals surface area (Å²) in [6, 6.07) is 14.1. The van der Waals surface area contributed by atoms with Gasteiger partial charge in [0.25, 0.3) is 0 Å². The lowest BCUT2D eigenvalue weighted by Crippen LogP contribution is -2.46. The maximum Gasteiger partial charge on any atom is 0.328 e. The molecule has 348 valence electrons. The molecule has 15 nitrogen and oxygen atoms in total. The number of hydrogen-bond donors (Lipinski definition) is 5. The quantitative estimate of drug-likeness (QED) is 0.0762. The standard InChI is InChI=1S/C50H65N7O8/c1-28-22-41(59)44(57(7)48(62)34(17-19-52)27-40(58)43-29(2)54-46(55-30(43)3)32-12-14-36(15-13-32)50(4,5)6)35-25-33(10-9-18-51)45(60)38(26-35)37-23-31(11-16-42(37)65-21-20-53)24-39(49(63)64-8)56-47(28)61/h11-16,23,25-26,28,34,39,44,60H,9-10,17-22,24,27,51-53H2,1-8H3,(H,56,61)/t28-,34-,39+,44+/m1/s1. The fraction of sp³-hybridized carbons (Fsp3) is 0.460. The van der Waals surface area contributed by atoms with E-state index in [2.05, 4.69) is 26.1 Å². The van der Waals surface area contributed by atoms with Gasteiger partial charge in [0.05, 0.1) is 24.1 Å². The van der Waals surface area contributed by atoms with Gasteiger partial charge in [0.1, 0.15) is 30.2 Å². The average Bonchev–Trinajstić information content (AvgIpc) is 3.26. The Hall–Kier alpha value is -6.03. The van der Waals surface area contributed by atoms with Crippen molar-refractivity contribution in [3.63, 3.8) is 0 Å². The number of hydrogen-bond acceptors (Lipinski definition) is 13. The number of nitrogens with two attached hydrogens (primary N) is 3. The molecule has 0 spiro atoms. The molecule has 0 saturated heterocycles. The highest BCUT2D eigenvalue weighted by atomic mass is 16.5. The Labute approximate surface area is 381 Å². The number of aromatic nitrogens is 2. The van der Waals surface area contributed by atoms with E-state index < -0.39 is 47.5 Å². The first-order chi connectivity index (χ1) is 30.8. The molecule has 0 radical (unpaired) electrons. The molecule has 0 unspecified atom stereocenters. The number of fused-ring (bicyclic) bond motifs is 5. The van der Waals surface area contributed by atoms with Gasteiger partial charge in [-0.2, -0.15) is 0 Å². The van der Waals surface area contributed by atoms with Gasteiger partial charge in [-0.15, -0.1) is 0 Å². The molecule has 8 N–H and O–H groups in total. The summed E-state index contributed by atoms with van der Waals surface area (Å²) in [4.78, 5) is 81.4. The predicted molar refractivity (Wildman–Crippen MR) is 249 cm³/mol. The van der Waals surface area contributed by atoms with Crippen LogP contribution in [0.4, 0.5) is 0 Å². The molecular weight excluding hydrogens is 827 g/mol. The molecule has 1 aliphatic heterocycles. The van der Waals surface area contributed by atoms with Gasteiger partial charge >= 0.3 is 5.97 Å². The number of ether oxygens (including phenoxy) is 2. The number of ketones is 2. The second-order valence-corrected chi connectivity index (χ2v) is 18.0. The third kappa shape index (κ3) is 11.8. The van der Waals surface area contributed by atoms with E-state index in [1.165, 1.54) is 19.1 Å². The summed E-state index contributed by atoms with van der Waals surface area (Å²) < 4.78 is 11.1. The summed E-state index contributed by atoms with van der Waals surface area (Å²) in [5, 5.41) is 14.7. The monoisotopic (exact) mass is 891 g/mol. The molecule has 4 aromatic rings. The molecule has 1 aliphatic rings. The number of rotatable bonds is 15. The van der Waals surface area contributed by atoms with Crippen LogP contribution in [0.2, 0.25) is 0 Å². The number of phenolic OH excluding ortho intramolecular Hbond substituents is 1. The van der Waals surface area contributed by atoms with Crippen molar-refractivity contribution in [2.75, 3.05) is 40.4 Å². The van der Waals surface area contributed by atoms with Gasteiger partial charge in [0.15, 0.2) is 17.4 Å². The van der Waals surface area contributed by atoms with E-state index in [1.54, 1.807) is 51.1 Å². The van der Waals surface area contributed by atoms with Crippen LogP contribution in [0, 0.1) is 25.7 Å². The molecule has 3 aromatic carbocycles. The van der Waals surface area contributed by atoms with Crippen LogP contribution in [0.15, 0.2) is 54.6 Å². The number of Topliss-reactive ketones (excluding diaryl/α,β-unsaturated/α-hetero) is 2. The summed E-state index contributed by atoms with van der Waals surface area (Å²) in [5.41, 5.74) is 23.2. The second kappa shape index (κ2) is 21.8. The molecule has 4 atom stereocenters. The average molecular weight is 892 g/mol. The lowest BCUT2D eigenvalue weighted by Gasteiger charge is -2.32. The summed E-state index contributed by atoms with van der Waals surface area (Å²) in [6.07, 6.45) is 0.413. The number of benzene rings is 3. The molecule has 5 rings (SSSR count). The molecule has 0 saturated carbocycles. The normalized spacial score (nSPS) is 17.1. The molecule has 4 bridgehead atoms. The van der Waals surface area contributed by atoms with Crippen LogP contribution < -0.4 is 27.3 Å². The zero-order valence-electron chi connectivity index (χ0n) is 39.0. The molecule has 2 heterocycles. The largest absolute Gasteiger partial charge is 0.507 e. The Morgan fingerprint density at radius 1 is 0.923 bits per heavy atom. The first-order valence-corrected chi connectivity index (χ1v) is 22.2. The number of amides is 2. The summed E-state index contributed by atoms with van der Waals surface area (Å²) in [5.74, 6) is -3.75. The predicted octanol–water partition coefficient (Wildman–Crippen LogP) is 5.21. The number of methoxy groups -OCH3 is 1. The number of nitrogens with one attached hydrogen (secondary N) is 1. The van der Waals surface area contributed by atoms with Crippen molar-refractivity contribution in [2.45, 2.75) is 97.6 Å². The SMILES string of the molecule is COC(=O)[C@@H]1Cc2ccc(OCCN)c(c2)-c2cc(cc(CCCN)c2O)[C@H](N(C)C(=O)[C@H](CCN)CC(=O)c2c(C)nc(-c3ccc(C(C)(C)C)cc3)nc2C)C(=O)C[C@@H](C)C(=O)N1. The second-order valence-electron chi connectivity index (χ2n) is 18.0. The highest BCUT2D eigenvalue weighted by Crippen LogP contribution is 2.43. The number of likely N-dealkylation sites (N-methyl/N-ethyl adjacent to an activating group) is 1. The topological polar surface area (TPSA) is 243 Å². The Morgan fingerprint density at radius 3 is 2.20 bits per heavy atom. The molecule has 2 amide bonds. The van der Waals surface area contributed by atoms with E-state index in [0.29, 0.717) is 75.7 Å². The Balaban J connectivity index is 1.60. The molecule has 1 aromatic heterocycles. The smallest absolute Gasteiger partial charge is 0.328 e. The van der Waals surface area contributed by atoms with Crippen LogP contribution in [0.1, 0.15) is 103 Å². The highest BCUT2D eigenvalue weighted by Gasteiger charge is 2.37. The number of carbonyl (C=O) groups excluding carboxylic acids is 5. The van der Waals surface area contributed by atoms with Crippen LogP contribution in [-0.2, 0) is 42.2 Å². The van der Waals surface area contributed by atoms with E-state index in [-0.39, 0.29) is 62.3 Å². The van der Waals surface area contributed by atoms with Gasteiger partial charge in [-0.1, -0.05) is 58.0 Å². The lowest BCUT2D eigenvalue weighted by molar-refractivity contribution is -0.146. The van der Waals surface area contributed by atoms with Crippen LogP contribution in [0.3, 0.4) is 0 Å². The van der Waals surface area contributed by atoms with Crippen molar-refractivity contribution in [3.8, 4) is 34.0 Å². The van der Waals surface area contributed by atoms with Gasteiger partial charge < -0.3 is 42.0 Å². The van der Waals surface area contributed by atoms with Crippen molar-refractivity contribution in [1.29, 1.82) is 0 Å². The van der Waals surface area contributed by atoms with Crippen molar-refractivity contribution < 1.29 is 38.6 Å². The van der Waals surface area contributed by atoms with Gasteiger partial charge in [-0.05, 0) is 98.1 Å². The molecular formula is C50H65N7O8. The van der Waals surface area contributed by atoms with E-state index in [4.69, 9.17) is 36.6 Å². The van der Waals surface area contributed by atoms with Crippen molar-refractivity contribution in [3.05, 3.63) is 93.8 Å². The maximum atomic E-state index is 14.9. The molecule has 15 heteroatoms. The third-order valence-corrected chi connectivity index (χ3v) is 12.0. The first-order valence-electron chi connectivity index (χ1n) is 22.2. The van der Waals surface area contributed by atoms with E-state index >= 15 is 0 Å². The van der Waals surface area contributed by atoms with Gasteiger partial charge in [-0.25, -0.2) is 14.8 Å². The van der Waals surface area contributed by atoms with Crippen LogP contribution in [0.25, 0.3) is 22.5 Å². The Morgan fingerprint density at radius 2 is 1.60 bits per heavy atom. The fourth-order valence-electron chi connectivity index (χ4n) is 8.41. The summed E-state index contributed by atoms with van der Waals surface area (Å²) in [6.45, 7) is 12.2. The van der Waals surface area contributed by atoms with Crippen molar-refractivity contribution in [1.82, 2.24) is 20.2 Å². The maximum absolute atomic E-state index is 14.9. The number of aryl methyl sites for hydroxylation is 3. The molecule has 0 fully saturated rings. The number of esters is 1. The first kappa shape index (κ1) is 50.0. The van der Waals surface area contributed by atoms with Crippen molar-refractivity contribution in [2.24, 2.45) is 29.0 Å². The Kier molecular flexibility index (Phi) is 16.7. The van der Waals surface area contributed by atoms with E-state index in [0.717, 1.165) is 11.1 Å². The zero-order valence-corrected chi connectivity index (χ0v) is 39.0. The number of nitrogens with zero attached hydrogens (tertiary/aromatic N) is 3. The number of aromatic hydroxyl groups is 1. The van der Waals surface area contributed by atoms with Gasteiger partial charge in [0, 0.05) is 61.4 Å². The molecule has 0 aliphatic carbocycles. The minimum absolute atomic E-state index is 0.0326. The van der Waals surface area contributed by atoms with Gasteiger partial charge in [-0.3, -0.25) is 19.2 Å². The minimum atomic E-state index is -1.30. The Bertz CT molecular complexity index is 2370. The minimum Gasteiger partial charge on any atom is -0.507 e. The van der Waals surface area contributed by atoms with Crippen LogP contribution in [-0.4, -0.2) is 95.8 Å². The number of phenols is 1.